The summed E-state index contributed by atoms with van der Waals surface area (Å²) in [5.74, 6) is -0.230. The minimum Gasteiger partial charge on any atom is -0.354 e. The molecule has 0 spiro atoms. The second kappa shape index (κ2) is 10.0. The Balaban J connectivity index is 1.85. The van der Waals surface area contributed by atoms with Crippen molar-refractivity contribution >= 4 is 21.6 Å². The molecule has 3 rings (SSSR count). The normalized spacial score (nSPS) is 12.2. The molecule has 0 aliphatic heterocycles. The smallest absolute Gasteiger partial charge is 0.264 e. The Morgan fingerprint density at radius 1 is 0.875 bits per heavy atom. The van der Waals surface area contributed by atoms with E-state index in [1.807, 2.05) is 64.1 Å². The molecule has 1 amide bonds. The summed E-state index contributed by atoms with van der Waals surface area (Å²) in [6.45, 7) is 7.89. The average molecular weight is 451 g/mol. The molecule has 0 saturated carbocycles. The molecule has 1 N–H and O–H groups in total. The second-order valence-electron chi connectivity index (χ2n) is 8.29. The zero-order valence-electron chi connectivity index (χ0n) is 19.0. The first-order valence-corrected chi connectivity index (χ1v) is 12.1. The quantitative estimate of drug-likeness (QED) is 0.540. The summed E-state index contributed by atoms with van der Waals surface area (Å²) in [6.07, 6.45) is 0. The number of amides is 1. The first kappa shape index (κ1) is 23.5. The van der Waals surface area contributed by atoms with E-state index >= 15 is 0 Å². The van der Waals surface area contributed by atoms with E-state index in [2.05, 4.69) is 5.32 Å². The number of hydrogen-bond donors (Lipinski definition) is 1. The maximum absolute atomic E-state index is 13.5. The third-order valence-corrected chi connectivity index (χ3v) is 7.15. The Morgan fingerprint density at radius 3 is 2.06 bits per heavy atom. The van der Waals surface area contributed by atoms with Gasteiger partial charge in [0.1, 0.15) is 6.54 Å². The van der Waals surface area contributed by atoms with Crippen molar-refractivity contribution < 1.29 is 13.2 Å². The van der Waals surface area contributed by atoms with E-state index in [-0.39, 0.29) is 23.3 Å². The third kappa shape index (κ3) is 5.77. The summed E-state index contributed by atoms with van der Waals surface area (Å²) in [6, 6.07) is 22.1. The maximum Gasteiger partial charge on any atom is 0.264 e. The van der Waals surface area contributed by atoms with Crippen molar-refractivity contribution in [2.24, 2.45) is 0 Å². The number of nitrogens with zero attached hydrogens (tertiary/aromatic N) is 1. The largest absolute Gasteiger partial charge is 0.354 e. The molecule has 6 heteroatoms. The molecule has 32 heavy (non-hydrogen) atoms. The van der Waals surface area contributed by atoms with Crippen molar-refractivity contribution in [3.8, 4) is 0 Å². The van der Waals surface area contributed by atoms with Gasteiger partial charge in [-0.25, -0.2) is 8.42 Å². The van der Waals surface area contributed by atoms with E-state index in [1.165, 1.54) is 4.31 Å². The minimum absolute atomic E-state index is 0.114. The number of rotatable bonds is 8. The van der Waals surface area contributed by atoms with E-state index in [0.29, 0.717) is 12.2 Å². The standard InChI is InChI=1S/C26H30N2O3S/c1-19-10-12-25(13-11-19)32(30,31)28(24-15-20(2)14-21(3)16-24)18-26(29)27-17-22(4)23-8-6-5-7-9-23/h5-16,22H,17-18H2,1-4H3,(H,27,29)/t22-/m1/s1. The van der Waals surface area contributed by atoms with Gasteiger partial charge < -0.3 is 5.32 Å². The SMILES string of the molecule is Cc1ccc(S(=O)(=O)N(CC(=O)NC[C@@H](C)c2ccccc2)c2cc(C)cc(C)c2)cc1. The van der Waals surface area contributed by atoms with E-state index in [1.54, 1.807) is 36.4 Å². The number of aryl methyl sites for hydroxylation is 3. The number of carbonyl (C=O) groups excluding carboxylic acids is 1. The van der Waals surface area contributed by atoms with Crippen molar-refractivity contribution in [2.45, 2.75) is 38.5 Å². The van der Waals surface area contributed by atoms with Gasteiger partial charge in [0.15, 0.2) is 0 Å². The summed E-state index contributed by atoms with van der Waals surface area (Å²) in [4.78, 5) is 13.0. The van der Waals surface area contributed by atoms with Gasteiger partial charge in [-0.3, -0.25) is 9.10 Å². The van der Waals surface area contributed by atoms with E-state index in [4.69, 9.17) is 0 Å². The molecule has 0 aromatic heterocycles. The van der Waals surface area contributed by atoms with Gasteiger partial charge in [-0.05, 0) is 67.6 Å². The van der Waals surface area contributed by atoms with Gasteiger partial charge in [0.2, 0.25) is 5.91 Å². The van der Waals surface area contributed by atoms with Gasteiger partial charge in [-0.1, -0.05) is 61.0 Å². The fraction of sp³-hybridized carbons (Fsp3) is 0.269. The molecule has 0 bridgehead atoms. The lowest BCUT2D eigenvalue weighted by Crippen LogP contribution is -2.41. The first-order chi connectivity index (χ1) is 15.2. The van der Waals surface area contributed by atoms with Gasteiger partial charge >= 0.3 is 0 Å². The topological polar surface area (TPSA) is 66.5 Å². The Morgan fingerprint density at radius 2 is 1.47 bits per heavy atom. The Hall–Kier alpha value is -3.12. The number of hydrogen-bond acceptors (Lipinski definition) is 3. The van der Waals surface area contributed by atoms with Crippen molar-refractivity contribution in [2.75, 3.05) is 17.4 Å². The summed E-state index contributed by atoms with van der Waals surface area (Å²) in [7, 11) is -3.92. The fourth-order valence-electron chi connectivity index (χ4n) is 3.60. The molecule has 168 valence electrons. The first-order valence-electron chi connectivity index (χ1n) is 10.7. The van der Waals surface area contributed by atoms with Crippen LogP contribution in [0.3, 0.4) is 0 Å². The zero-order valence-corrected chi connectivity index (χ0v) is 19.8. The Labute approximate surface area is 191 Å². The fourth-order valence-corrected chi connectivity index (χ4v) is 5.00. The van der Waals surface area contributed by atoms with Crippen LogP contribution in [0.2, 0.25) is 0 Å². The van der Waals surface area contributed by atoms with E-state index in [0.717, 1.165) is 22.3 Å². The lowest BCUT2D eigenvalue weighted by Gasteiger charge is -2.25. The van der Waals surface area contributed by atoms with Crippen molar-refractivity contribution in [1.82, 2.24) is 5.32 Å². The number of nitrogens with one attached hydrogen (secondary N) is 1. The number of benzene rings is 3. The van der Waals surface area contributed by atoms with Crippen LogP contribution in [0.1, 0.15) is 35.1 Å². The molecule has 3 aromatic rings. The van der Waals surface area contributed by atoms with Crippen molar-refractivity contribution in [1.29, 1.82) is 0 Å². The lowest BCUT2D eigenvalue weighted by molar-refractivity contribution is -0.119. The molecule has 0 aliphatic carbocycles. The Kier molecular flexibility index (Phi) is 7.36. The van der Waals surface area contributed by atoms with E-state index < -0.39 is 10.0 Å². The second-order valence-corrected chi connectivity index (χ2v) is 10.1. The highest BCUT2D eigenvalue weighted by Crippen LogP contribution is 2.26. The van der Waals surface area contributed by atoms with Crippen molar-refractivity contribution in [3.05, 3.63) is 95.1 Å². The summed E-state index contributed by atoms with van der Waals surface area (Å²) < 4.78 is 28.2. The van der Waals surface area contributed by atoms with Gasteiger partial charge in [-0.15, -0.1) is 0 Å². The van der Waals surface area contributed by atoms with Crippen LogP contribution in [-0.4, -0.2) is 27.4 Å². The lowest BCUT2D eigenvalue weighted by atomic mass is 10.0. The summed E-state index contributed by atoms with van der Waals surface area (Å²) >= 11 is 0. The number of carbonyl (C=O) groups is 1. The minimum atomic E-state index is -3.92. The Bertz CT molecular complexity index is 1150. The molecule has 1 atom stereocenters. The van der Waals surface area contributed by atoms with Gasteiger partial charge in [-0.2, -0.15) is 0 Å². The number of sulfonamides is 1. The average Bonchev–Trinajstić information content (AvgIpc) is 2.76. The van der Waals surface area contributed by atoms with Crippen LogP contribution in [0.25, 0.3) is 0 Å². The molecule has 0 aliphatic rings. The van der Waals surface area contributed by atoms with Crippen LogP contribution < -0.4 is 9.62 Å². The molecule has 0 fully saturated rings. The van der Waals surface area contributed by atoms with Crippen LogP contribution in [0.4, 0.5) is 5.69 Å². The predicted molar refractivity (Wildman–Crippen MR) is 129 cm³/mol. The monoisotopic (exact) mass is 450 g/mol. The van der Waals surface area contributed by atoms with Gasteiger partial charge in [0.05, 0.1) is 10.6 Å². The molecule has 5 nitrogen and oxygen atoms in total. The highest BCUT2D eigenvalue weighted by Gasteiger charge is 2.27. The highest BCUT2D eigenvalue weighted by atomic mass is 32.2. The molecular formula is C26H30N2O3S. The molecule has 0 radical (unpaired) electrons. The predicted octanol–water partition coefficient (Wildman–Crippen LogP) is 4.73. The summed E-state index contributed by atoms with van der Waals surface area (Å²) in [5.41, 5.74) is 4.43. The van der Waals surface area contributed by atoms with Crippen LogP contribution >= 0.6 is 0 Å². The van der Waals surface area contributed by atoms with Gasteiger partial charge in [0.25, 0.3) is 10.0 Å². The van der Waals surface area contributed by atoms with E-state index in [9.17, 15) is 13.2 Å². The molecule has 0 heterocycles. The molecule has 0 unspecified atom stereocenters. The third-order valence-electron chi connectivity index (χ3n) is 5.36. The molecule has 3 aromatic carbocycles. The van der Waals surface area contributed by atoms with Crippen LogP contribution in [-0.2, 0) is 14.8 Å². The summed E-state index contributed by atoms with van der Waals surface area (Å²) in [5, 5.41) is 2.90. The van der Waals surface area contributed by atoms with Crippen LogP contribution in [0.5, 0.6) is 0 Å². The zero-order chi connectivity index (χ0) is 23.3. The van der Waals surface area contributed by atoms with Crippen LogP contribution in [0, 0.1) is 20.8 Å². The molecular weight excluding hydrogens is 420 g/mol. The number of anilines is 1. The highest BCUT2D eigenvalue weighted by molar-refractivity contribution is 7.92. The molecule has 0 saturated heterocycles. The maximum atomic E-state index is 13.5. The van der Waals surface area contributed by atoms with Crippen molar-refractivity contribution in [3.63, 3.8) is 0 Å². The van der Waals surface area contributed by atoms with Gasteiger partial charge in [0, 0.05) is 6.54 Å². The van der Waals surface area contributed by atoms with Crippen LogP contribution in [0.15, 0.2) is 77.7 Å².